The molecule has 1 aliphatic heterocycles. The zero-order valence-corrected chi connectivity index (χ0v) is 22.7. The number of halogens is 3. The number of amides is 1. The number of carbonyl (C=O) groups excluding carboxylic acids is 1. The third kappa shape index (κ3) is 7.02. The summed E-state index contributed by atoms with van der Waals surface area (Å²) in [6, 6.07) is 25.5. The van der Waals surface area contributed by atoms with Crippen molar-refractivity contribution in [2.45, 2.75) is 37.3 Å². The molecule has 1 saturated heterocycles. The summed E-state index contributed by atoms with van der Waals surface area (Å²) in [6.45, 7) is 2.11. The number of rotatable bonds is 8. The van der Waals surface area contributed by atoms with Gasteiger partial charge in [0.15, 0.2) is 0 Å². The molecule has 0 saturated carbocycles. The molecule has 1 unspecified atom stereocenters. The molecule has 0 aromatic heterocycles. The van der Waals surface area contributed by atoms with Gasteiger partial charge in [-0.25, -0.2) is 0 Å². The Morgan fingerprint density at radius 2 is 1.69 bits per heavy atom. The van der Waals surface area contributed by atoms with E-state index >= 15 is 0 Å². The lowest BCUT2D eigenvalue weighted by molar-refractivity contribution is 0.0260. The maximum absolute atomic E-state index is 12.7. The molecule has 0 aliphatic carbocycles. The van der Waals surface area contributed by atoms with Gasteiger partial charge in [-0.05, 0) is 61.2 Å². The number of aliphatic hydroxyl groups excluding tert-OH is 1. The molecule has 3 atom stereocenters. The van der Waals surface area contributed by atoms with Crippen LogP contribution < -0.4 is 0 Å². The van der Waals surface area contributed by atoms with Crippen molar-refractivity contribution in [1.82, 2.24) is 9.80 Å². The van der Waals surface area contributed by atoms with Gasteiger partial charge in [-0.15, -0.1) is 12.4 Å². The molecule has 4 nitrogen and oxygen atoms in total. The standard InChI is InChI=1S/C29H32Cl2N2O2.ClH/c1-32(29(35)22-11-6-3-7-12-22)17-8-13-27(23-14-15-25(30)26(31)19-23)33-18-16-24(28(34)20-33)21-9-4-2-5-10-21;/h2-7,9-12,14-15,19,24,27-28,34H,8,13,16-18,20H2,1H3;1H/t24-,27?,28+;/m0./s1. The summed E-state index contributed by atoms with van der Waals surface area (Å²) in [5.41, 5.74) is 2.97. The predicted molar refractivity (Wildman–Crippen MR) is 150 cm³/mol. The van der Waals surface area contributed by atoms with E-state index in [2.05, 4.69) is 17.0 Å². The molecule has 4 rings (SSSR count). The normalized spacial score (nSPS) is 18.8. The molecule has 3 aromatic rings. The maximum Gasteiger partial charge on any atom is 0.253 e. The second kappa shape index (κ2) is 13.5. The van der Waals surface area contributed by atoms with Crippen LogP contribution in [0.1, 0.15) is 52.7 Å². The zero-order chi connectivity index (χ0) is 24.8. The van der Waals surface area contributed by atoms with E-state index in [0.717, 1.165) is 31.4 Å². The summed E-state index contributed by atoms with van der Waals surface area (Å²) in [5.74, 6) is 0.160. The van der Waals surface area contributed by atoms with Gasteiger partial charge in [0, 0.05) is 37.7 Å². The average molecular weight is 548 g/mol. The number of carbonyl (C=O) groups is 1. The number of hydrogen-bond acceptors (Lipinski definition) is 3. The van der Waals surface area contributed by atoms with Crippen molar-refractivity contribution in [2.75, 3.05) is 26.7 Å². The van der Waals surface area contributed by atoms with Crippen molar-refractivity contribution in [2.24, 2.45) is 0 Å². The van der Waals surface area contributed by atoms with Gasteiger partial charge in [-0.2, -0.15) is 0 Å². The van der Waals surface area contributed by atoms with Crippen LogP contribution in [0.15, 0.2) is 78.9 Å². The highest BCUT2D eigenvalue weighted by Gasteiger charge is 2.33. The minimum Gasteiger partial charge on any atom is -0.391 e. The minimum absolute atomic E-state index is 0. The van der Waals surface area contributed by atoms with E-state index in [9.17, 15) is 9.90 Å². The lowest BCUT2D eigenvalue weighted by Gasteiger charge is -2.41. The van der Waals surface area contributed by atoms with Gasteiger partial charge in [0.25, 0.3) is 5.91 Å². The smallest absolute Gasteiger partial charge is 0.253 e. The highest BCUT2D eigenvalue weighted by atomic mass is 35.5. The molecule has 1 aliphatic rings. The Morgan fingerprint density at radius 3 is 2.33 bits per heavy atom. The van der Waals surface area contributed by atoms with Crippen molar-refractivity contribution in [3.8, 4) is 0 Å². The van der Waals surface area contributed by atoms with Crippen LogP contribution in [0, 0.1) is 0 Å². The Morgan fingerprint density at radius 1 is 1.03 bits per heavy atom. The van der Waals surface area contributed by atoms with Crippen molar-refractivity contribution in [1.29, 1.82) is 0 Å². The second-order valence-electron chi connectivity index (χ2n) is 9.29. The Labute approximate surface area is 230 Å². The van der Waals surface area contributed by atoms with Crippen molar-refractivity contribution in [3.63, 3.8) is 0 Å². The number of aliphatic hydroxyl groups is 1. The van der Waals surface area contributed by atoms with Crippen molar-refractivity contribution >= 4 is 41.5 Å². The van der Waals surface area contributed by atoms with Gasteiger partial charge < -0.3 is 10.0 Å². The molecule has 1 fully saturated rings. The number of hydrogen-bond donors (Lipinski definition) is 1. The van der Waals surface area contributed by atoms with Crippen LogP contribution in [0.2, 0.25) is 10.0 Å². The van der Waals surface area contributed by atoms with E-state index in [0.29, 0.717) is 28.7 Å². The molecule has 1 heterocycles. The number of piperidine rings is 1. The highest BCUT2D eigenvalue weighted by Crippen LogP contribution is 2.36. The molecule has 0 bridgehead atoms. The first-order valence-corrected chi connectivity index (χ1v) is 12.9. The molecule has 1 amide bonds. The largest absolute Gasteiger partial charge is 0.391 e. The Balaban J connectivity index is 0.00000361. The summed E-state index contributed by atoms with van der Waals surface area (Å²) in [5, 5.41) is 12.1. The molecular weight excluding hydrogens is 515 g/mol. The SMILES string of the molecule is CN(CCCC(c1ccc(Cl)c(Cl)c1)N1CC[C@@H](c2ccccc2)[C@H](O)C1)C(=O)c1ccccc1.Cl. The summed E-state index contributed by atoms with van der Waals surface area (Å²) in [7, 11) is 1.85. The minimum atomic E-state index is -0.446. The van der Waals surface area contributed by atoms with Crippen LogP contribution >= 0.6 is 35.6 Å². The quantitative estimate of drug-likeness (QED) is 0.335. The van der Waals surface area contributed by atoms with Crippen LogP contribution in [-0.4, -0.2) is 53.6 Å². The molecular formula is C29H33Cl3N2O2. The summed E-state index contributed by atoms with van der Waals surface area (Å²) < 4.78 is 0. The van der Waals surface area contributed by atoms with E-state index in [-0.39, 0.29) is 30.3 Å². The van der Waals surface area contributed by atoms with Crippen LogP contribution in [0.5, 0.6) is 0 Å². The predicted octanol–water partition coefficient (Wildman–Crippen LogP) is 6.86. The maximum atomic E-state index is 12.7. The first-order chi connectivity index (χ1) is 16.9. The van der Waals surface area contributed by atoms with Gasteiger partial charge in [0.05, 0.1) is 16.1 Å². The highest BCUT2D eigenvalue weighted by molar-refractivity contribution is 6.42. The number of nitrogens with zero attached hydrogens (tertiary/aromatic N) is 2. The van der Waals surface area contributed by atoms with Gasteiger partial charge in [-0.1, -0.05) is 77.8 Å². The summed E-state index contributed by atoms with van der Waals surface area (Å²) in [4.78, 5) is 16.9. The first kappa shape index (κ1) is 28.5. The molecule has 3 aromatic carbocycles. The fourth-order valence-electron chi connectivity index (χ4n) is 5.03. The third-order valence-electron chi connectivity index (χ3n) is 6.95. The molecule has 36 heavy (non-hydrogen) atoms. The van der Waals surface area contributed by atoms with Gasteiger partial charge >= 0.3 is 0 Å². The van der Waals surface area contributed by atoms with Crippen LogP contribution in [-0.2, 0) is 0 Å². The van der Waals surface area contributed by atoms with E-state index < -0.39 is 6.10 Å². The van der Waals surface area contributed by atoms with Crippen molar-refractivity contribution < 1.29 is 9.90 Å². The fourth-order valence-corrected chi connectivity index (χ4v) is 5.34. The van der Waals surface area contributed by atoms with Gasteiger partial charge in [0.1, 0.15) is 0 Å². The van der Waals surface area contributed by atoms with Crippen LogP contribution in [0.25, 0.3) is 0 Å². The van der Waals surface area contributed by atoms with E-state index in [4.69, 9.17) is 23.2 Å². The lowest BCUT2D eigenvalue weighted by Crippen LogP contribution is -2.44. The summed E-state index contributed by atoms with van der Waals surface area (Å²) in [6.07, 6.45) is 2.11. The first-order valence-electron chi connectivity index (χ1n) is 12.2. The number of β-amino-alcohol motifs (C(OH)–C–C–N with tert-alkyl or cyclic N) is 1. The van der Waals surface area contributed by atoms with Gasteiger partial charge in [-0.3, -0.25) is 9.69 Å². The monoisotopic (exact) mass is 546 g/mol. The van der Waals surface area contributed by atoms with Crippen LogP contribution in [0.4, 0.5) is 0 Å². The fraction of sp³-hybridized carbons (Fsp3) is 0.345. The second-order valence-corrected chi connectivity index (χ2v) is 10.1. The summed E-state index contributed by atoms with van der Waals surface area (Å²) >= 11 is 12.6. The Kier molecular flexibility index (Phi) is 10.7. The van der Waals surface area contributed by atoms with Crippen LogP contribution in [0.3, 0.4) is 0 Å². The van der Waals surface area contributed by atoms with Crippen molar-refractivity contribution in [3.05, 3.63) is 106 Å². The number of benzene rings is 3. The zero-order valence-electron chi connectivity index (χ0n) is 20.4. The topological polar surface area (TPSA) is 43.8 Å². The van der Waals surface area contributed by atoms with E-state index in [1.54, 1.807) is 4.90 Å². The Bertz CT molecular complexity index is 1110. The molecule has 192 valence electrons. The molecule has 1 N–H and O–H groups in total. The van der Waals surface area contributed by atoms with Gasteiger partial charge in [0.2, 0.25) is 0 Å². The van der Waals surface area contributed by atoms with E-state index in [1.807, 2.05) is 73.8 Å². The molecule has 0 spiro atoms. The lowest BCUT2D eigenvalue weighted by atomic mass is 9.85. The number of likely N-dealkylation sites (tertiary alicyclic amines) is 1. The Hall–Kier alpha value is -2.08. The third-order valence-corrected chi connectivity index (χ3v) is 7.69. The average Bonchev–Trinajstić information content (AvgIpc) is 2.89. The molecule has 0 radical (unpaired) electrons. The van der Waals surface area contributed by atoms with E-state index in [1.165, 1.54) is 5.56 Å². The molecule has 7 heteroatoms.